The van der Waals surface area contributed by atoms with Crippen LogP contribution >= 0.6 is 0 Å². The van der Waals surface area contributed by atoms with Gasteiger partial charge in [-0.25, -0.2) is 5.48 Å². The molecule has 2 rings (SSSR count). The summed E-state index contributed by atoms with van der Waals surface area (Å²) in [7, 11) is 3.94. The number of aliphatic hydroxyl groups excluding tert-OH is 1. The van der Waals surface area contributed by atoms with Crippen LogP contribution in [0, 0.1) is 23.7 Å². The topological polar surface area (TPSA) is 143 Å². The molecule has 2 unspecified atom stereocenters. The highest BCUT2D eigenvalue weighted by atomic mass is 16.5. The molecular weight excluding hydrogens is 474 g/mol. The number of hydroxylamine groups is 1. The second-order valence-electron chi connectivity index (χ2n) is 8.35. The number of amides is 3. The number of hydrogen-bond acceptors (Lipinski definition) is 7. The lowest BCUT2D eigenvalue weighted by Gasteiger charge is -2.19. The number of rotatable bonds is 10. The van der Waals surface area contributed by atoms with Crippen molar-refractivity contribution in [3.63, 3.8) is 0 Å². The predicted molar refractivity (Wildman–Crippen MR) is 140 cm³/mol. The molecule has 2 aromatic carbocycles. The van der Waals surface area contributed by atoms with Gasteiger partial charge in [0, 0.05) is 35.5 Å². The zero-order valence-electron chi connectivity index (χ0n) is 21.0. The van der Waals surface area contributed by atoms with E-state index in [1.54, 1.807) is 36.4 Å². The molecule has 0 bridgehead atoms. The standard InChI is InChI=1S/C27H31N5O5/c1-19(33)25(27(36)31-37)30-26(35)22-12-8-20(9-13-22)6-4-5-7-21-10-14-23(15-11-21)29-24(34)18-28-16-17-32(2)3/h8-15,19,25,28,33,37H,16-18H2,1-3H3,(H,29,34)(H,30,35)(H,31,36). The van der Waals surface area contributed by atoms with Gasteiger partial charge in [0.2, 0.25) is 5.91 Å². The van der Waals surface area contributed by atoms with Crippen LogP contribution in [-0.2, 0) is 9.59 Å². The summed E-state index contributed by atoms with van der Waals surface area (Å²) in [5.74, 6) is 9.68. The summed E-state index contributed by atoms with van der Waals surface area (Å²) in [5.41, 5.74) is 3.71. The van der Waals surface area contributed by atoms with Crippen LogP contribution in [0.2, 0.25) is 0 Å². The predicted octanol–water partition coefficient (Wildman–Crippen LogP) is 0.164. The minimum absolute atomic E-state index is 0.120. The van der Waals surface area contributed by atoms with E-state index in [1.165, 1.54) is 24.5 Å². The Hall–Kier alpha value is -4.19. The maximum absolute atomic E-state index is 12.3. The molecule has 2 atom stereocenters. The van der Waals surface area contributed by atoms with Gasteiger partial charge in [-0.3, -0.25) is 19.6 Å². The molecule has 194 valence electrons. The molecule has 3 amide bonds. The minimum Gasteiger partial charge on any atom is -0.391 e. The molecule has 6 N–H and O–H groups in total. The van der Waals surface area contributed by atoms with E-state index in [0.717, 1.165) is 18.7 Å². The summed E-state index contributed by atoms with van der Waals surface area (Å²) < 4.78 is 0. The second-order valence-corrected chi connectivity index (χ2v) is 8.35. The number of carbonyl (C=O) groups is 3. The molecule has 0 radical (unpaired) electrons. The highest BCUT2D eigenvalue weighted by Gasteiger charge is 2.25. The Labute approximate surface area is 216 Å². The number of benzene rings is 2. The lowest BCUT2D eigenvalue weighted by molar-refractivity contribution is -0.133. The van der Waals surface area contributed by atoms with Gasteiger partial charge in [-0.15, -0.1) is 0 Å². The van der Waals surface area contributed by atoms with Crippen molar-refractivity contribution in [2.45, 2.75) is 19.1 Å². The van der Waals surface area contributed by atoms with Gasteiger partial charge in [0.25, 0.3) is 11.8 Å². The molecule has 0 aliphatic heterocycles. The summed E-state index contributed by atoms with van der Waals surface area (Å²) in [6, 6.07) is 12.1. The van der Waals surface area contributed by atoms with Crippen LogP contribution in [0.4, 0.5) is 5.69 Å². The fourth-order valence-corrected chi connectivity index (χ4v) is 2.96. The van der Waals surface area contributed by atoms with Crippen molar-refractivity contribution in [3.05, 3.63) is 65.2 Å². The fraction of sp³-hybridized carbons (Fsp3) is 0.296. The highest BCUT2D eigenvalue weighted by Crippen LogP contribution is 2.08. The summed E-state index contributed by atoms with van der Waals surface area (Å²) in [6.07, 6.45) is -1.20. The Morgan fingerprint density at radius 1 is 0.946 bits per heavy atom. The molecule has 37 heavy (non-hydrogen) atoms. The smallest absolute Gasteiger partial charge is 0.268 e. The first-order chi connectivity index (χ1) is 17.7. The molecule has 0 aliphatic rings. The zero-order chi connectivity index (χ0) is 27.2. The van der Waals surface area contributed by atoms with E-state index in [2.05, 4.69) is 39.6 Å². The largest absolute Gasteiger partial charge is 0.391 e. The quantitative estimate of drug-likeness (QED) is 0.117. The van der Waals surface area contributed by atoms with Crippen LogP contribution in [0.5, 0.6) is 0 Å². The summed E-state index contributed by atoms with van der Waals surface area (Å²) >= 11 is 0. The summed E-state index contributed by atoms with van der Waals surface area (Å²) in [5, 5.41) is 26.6. The van der Waals surface area contributed by atoms with Crippen molar-refractivity contribution in [1.82, 2.24) is 21.0 Å². The van der Waals surface area contributed by atoms with E-state index in [9.17, 15) is 19.5 Å². The minimum atomic E-state index is -1.30. The van der Waals surface area contributed by atoms with Crippen molar-refractivity contribution in [2.24, 2.45) is 0 Å². The number of anilines is 1. The van der Waals surface area contributed by atoms with E-state index >= 15 is 0 Å². The third kappa shape index (κ3) is 10.5. The Morgan fingerprint density at radius 2 is 1.51 bits per heavy atom. The van der Waals surface area contributed by atoms with Gasteiger partial charge in [0.05, 0.1) is 12.6 Å². The number of nitrogens with one attached hydrogen (secondary N) is 4. The number of hydrogen-bond donors (Lipinski definition) is 6. The van der Waals surface area contributed by atoms with E-state index in [-0.39, 0.29) is 18.0 Å². The second kappa shape index (κ2) is 15.0. The Balaban J connectivity index is 1.88. The number of likely N-dealkylation sites (N-methyl/N-ethyl adjacent to an activating group) is 1. The number of nitrogens with zero attached hydrogens (tertiary/aromatic N) is 1. The van der Waals surface area contributed by atoms with Crippen molar-refractivity contribution in [3.8, 4) is 23.7 Å². The first-order valence-electron chi connectivity index (χ1n) is 11.5. The van der Waals surface area contributed by atoms with Crippen molar-refractivity contribution < 1.29 is 24.7 Å². The van der Waals surface area contributed by atoms with E-state index in [1.807, 2.05) is 19.0 Å². The van der Waals surface area contributed by atoms with E-state index < -0.39 is 24.0 Å². The molecule has 0 aromatic heterocycles. The number of aliphatic hydroxyl groups is 1. The Bertz CT molecular complexity index is 1190. The Kier molecular flexibility index (Phi) is 11.8. The fourth-order valence-electron chi connectivity index (χ4n) is 2.96. The van der Waals surface area contributed by atoms with Crippen LogP contribution in [-0.4, -0.2) is 78.8 Å². The summed E-state index contributed by atoms with van der Waals surface area (Å²) in [4.78, 5) is 37.9. The summed E-state index contributed by atoms with van der Waals surface area (Å²) in [6.45, 7) is 3.13. The average Bonchev–Trinajstić information content (AvgIpc) is 2.88. The molecule has 0 aliphatic carbocycles. The third-order valence-corrected chi connectivity index (χ3v) is 4.97. The van der Waals surface area contributed by atoms with Crippen molar-refractivity contribution in [1.29, 1.82) is 0 Å². The van der Waals surface area contributed by atoms with Crippen LogP contribution in [0.3, 0.4) is 0 Å². The Morgan fingerprint density at radius 3 is 2.03 bits per heavy atom. The maximum Gasteiger partial charge on any atom is 0.268 e. The van der Waals surface area contributed by atoms with Gasteiger partial charge in [-0.1, -0.05) is 11.8 Å². The van der Waals surface area contributed by atoms with Gasteiger partial charge in [0.1, 0.15) is 6.04 Å². The van der Waals surface area contributed by atoms with Gasteiger partial charge in [-0.05, 0) is 81.4 Å². The number of carbonyl (C=O) groups excluding carboxylic acids is 3. The SMILES string of the molecule is CC(O)C(NC(=O)c1ccc(C#CC#Cc2ccc(NC(=O)CNCCN(C)C)cc2)cc1)C(=O)NO. The van der Waals surface area contributed by atoms with Crippen LogP contribution < -0.4 is 21.4 Å². The van der Waals surface area contributed by atoms with Crippen LogP contribution in [0.25, 0.3) is 0 Å². The van der Waals surface area contributed by atoms with Gasteiger partial charge >= 0.3 is 0 Å². The van der Waals surface area contributed by atoms with Gasteiger partial charge in [-0.2, -0.15) is 0 Å². The monoisotopic (exact) mass is 505 g/mol. The van der Waals surface area contributed by atoms with E-state index in [4.69, 9.17) is 5.21 Å². The lowest BCUT2D eigenvalue weighted by Crippen LogP contribution is -2.51. The lowest BCUT2D eigenvalue weighted by atomic mass is 10.1. The first kappa shape index (κ1) is 29.0. The first-order valence-corrected chi connectivity index (χ1v) is 11.5. The van der Waals surface area contributed by atoms with Crippen LogP contribution in [0.1, 0.15) is 28.4 Å². The van der Waals surface area contributed by atoms with Gasteiger partial charge < -0.3 is 26.0 Å². The molecule has 0 heterocycles. The molecule has 10 nitrogen and oxygen atoms in total. The maximum atomic E-state index is 12.3. The van der Waals surface area contributed by atoms with Gasteiger partial charge in [0.15, 0.2) is 0 Å². The van der Waals surface area contributed by atoms with Crippen LogP contribution in [0.15, 0.2) is 48.5 Å². The molecule has 2 aromatic rings. The normalized spacial score (nSPS) is 11.7. The zero-order valence-corrected chi connectivity index (χ0v) is 21.0. The average molecular weight is 506 g/mol. The van der Waals surface area contributed by atoms with Crippen molar-refractivity contribution in [2.75, 3.05) is 39.0 Å². The molecular formula is C27H31N5O5. The van der Waals surface area contributed by atoms with E-state index in [0.29, 0.717) is 11.3 Å². The molecule has 10 heteroatoms. The molecule has 0 spiro atoms. The molecule has 0 saturated heterocycles. The third-order valence-electron chi connectivity index (χ3n) is 4.97. The molecule has 0 saturated carbocycles. The molecule has 0 fully saturated rings. The van der Waals surface area contributed by atoms with Crippen molar-refractivity contribution >= 4 is 23.4 Å². The highest BCUT2D eigenvalue weighted by molar-refractivity contribution is 5.97.